The molecule has 1 aromatic carbocycles. The molecule has 2 heterocycles. The summed E-state index contributed by atoms with van der Waals surface area (Å²) in [5, 5.41) is 7.41. The lowest BCUT2D eigenvalue weighted by molar-refractivity contribution is -0.116. The van der Waals surface area contributed by atoms with E-state index in [4.69, 9.17) is 0 Å². The lowest BCUT2D eigenvalue weighted by Gasteiger charge is -2.01. The molecule has 0 aliphatic carbocycles. The molecule has 0 spiro atoms. The Hall–Kier alpha value is -2.28. The number of nitrogens with zero attached hydrogens (tertiary/aromatic N) is 4. The van der Waals surface area contributed by atoms with Crippen molar-refractivity contribution in [1.82, 2.24) is 19.7 Å². The zero-order valence-electron chi connectivity index (χ0n) is 10.9. The molecule has 0 fully saturated rings. The molecule has 7 heteroatoms. The van der Waals surface area contributed by atoms with Gasteiger partial charge >= 0.3 is 0 Å². The number of hydrogen-bond donors (Lipinski definition) is 1. The fourth-order valence-electron chi connectivity index (χ4n) is 1.83. The smallest absolute Gasteiger partial charge is 0.228 e. The van der Waals surface area contributed by atoms with Crippen molar-refractivity contribution < 1.29 is 4.79 Å². The third-order valence-corrected chi connectivity index (χ3v) is 3.76. The molecule has 3 aromatic rings. The van der Waals surface area contributed by atoms with Gasteiger partial charge in [0.2, 0.25) is 5.91 Å². The van der Waals surface area contributed by atoms with Crippen molar-refractivity contribution >= 4 is 32.6 Å². The fraction of sp³-hybridized carbons (Fsp3) is 0.231. The maximum atomic E-state index is 11.8. The average Bonchev–Trinajstić information content (AvgIpc) is 3.04. The highest BCUT2D eigenvalue weighted by molar-refractivity contribution is 7.22. The van der Waals surface area contributed by atoms with Crippen LogP contribution >= 0.6 is 11.3 Å². The fourth-order valence-corrected chi connectivity index (χ4v) is 2.81. The van der Waals surface area contributed by atoms with Crippen LogP contribution < -0.4 is 5.32 Å². The zero-order chi connectivity index (χ0) is 13.9. The summed E-state index contributed by atoms with van der Waals surface area (Å²) in [4.78, 5) is 20.1. The number of carbonyl (C=O) groups is 1. The van der Waals surface area contributed by atoms with Crippen molar-refractivity contribution in [2.24, 2.45) is 0 Å². The van der Waals surface area contributed by atoms with Crippen LogP contribution in [0.5, 0.6) is 0 Å². The highest BCUT2D eigenvalue weighted by Gasteiger charge is 2.08. The Balaban J connectivity index is 1.65. The van der Waals surface area contributed by atoms with E-state index in [1.54, 1.807) is 11.0 Å². The van der Waals surface area contributed by atoms with E-state index in [0.717, 1.165) is 10.2 Å². The van der Waals surface area contributed by atoms with Gasteiger partial charge in [0.25, 0.3) is 0 Å². The third-order valence-electron chi connectivity index (χ3n) is 2.82. The average molecular weight is 287 g/mol. The van der Waals surface area contributed by atoms with E-state index >= 15 is 0 Å². The second-order valence-electron chi connectivity index (χ2n) is 4.45. The molecule has 0 aliphatic rings. The summed E-state index contributed by atoms with van der Waals surface area (Å²) in [5.74, 6) is -0.0729. The minimum absolute atomic E-state index is 0.0729. The highest BCUT2D eigenvalue weighted by atomic mass is 32.1. The first-order chi connectivity index (χ1) is 9.70. The van der Waals surface area contributed by atoms with Gasteiger partial charge in [0.05, 0.1) is 16.8 Å². The molecular formula is C13H13N5OS. The van der Waals surface area contributed by atoms with Crippen LogP contribution in [0.25, 0.3) is 10.2 Å². The molecule has 1 amide bonds. The number of benzene rings is 1. The van der Waals surface area contributed by atoms with Gasteiger partial charge in [-0.2, -0.15) is 5.10 Å². The van der Waals surface area contributed by atoms with Crippen molar-refractivity contribution in [2.45, 2.75) is 19.9 Å². The number of nitrogens with one attached hydrogen (secondary N) is 1. The first-order valence-corrected chi connectivity index (χ1v) is 7.02. The van der Waals surface area contributed by atoms with Gasteiger partial charge in [-0.05, 0) is 24.6 Å². The maximum Gasteiger partial charge on any atom is 0.228 e. The number of amides is 1. The van der Waals surface area contributed by atoms with Gasteiger partial charge in [0.1, 0.15) is 12.7 Å². The van der Waals surface area contributed by atoms with E-state index in [0.29, 0.717) is 18.1 Å². The van der Waals surface area contributed by atoms with Crippen LogP contribution in [-0.2, 0) is 11.3 Å². The van der Waals surface area contributed by atoms with E-state index in [9.17, 15) is 4.79 Å². The van der Waals surface area contributed by atoms with Gasteiger partial charge < -0.3 is 5.32 Å². The summed E-state index contributed by atoms with van der Waals surface area (Å²) in [5.41, 5.74) is 2.09. The minimum atomic E-state index is -0.0729. The number of thiazole rings is 1. The maximum absolute atomic E-state index is 11.8. The Labute approximate surface area is 119 Å². The van der Waals surface area contributed by atoms with Crippen LogP contribution in [0.2, 0.25) is 0 Å². The second kappa shape index (κ2) is 5.38. The number of aromatic nitrogens is 4. The zero-order valence-corrected chi connectivity index (χ0v) is 11.7. The van der Waals surface area contributed by atoms with Crippen molar-refractivity contribution in [3.63, 3.8) is 0 Å². The van der Waals surface area contributed by atoms with Gasteiger partial charge in [-0.25, -0.2) is 9.97 Å². The largest absolute Gasteiger partial charge is 0.302 e. The van der Waals surface area contributed by atoms with Crippen molar-refractivity contribution in [1.29, 1.82) is 0 Å². The lowest BCUT2D eigenvalue weighted by Crippen LogP contribution is -2.14. The second-order valence-corrected chi connectivity index (χ2v) is 5.48. The Morgan fingerprint density at radius 2 is 2.35 bits per heavy atom. The Morgan fingerprint density at radius 3 is 3.15 bits per heavy atom. The molecular weight excluding hydrogens is 274 g/mol. The van der Waals surface area contributed by atoms with Crippen LogP contribution in [0.3, 0.4) is 0 Å². The molecule has 0 bridgehead atoms. The molecule has 0 saturated carbocycles. The van der Waals surface area contributed by atoms with Crippen LogP contribution in [0.4, 0.5) is 5.13 Å². The van der Waals surface area contributed by atoms with E-state index in [2.05, 4.69) is 26.4 Å². The predicted octanol–water partition coefficient (Wildman–Crippen LogP) is 2.23. The standard InChI is InChI=1S/C13H13N5OS/c1-9-2-3-10-11(6-9)20-13(16-10)17-12(19)4-5-18-8-14-7-15-18/h2-3,6-8H,4-5H2,1H3,(H,16,17,19). The number of fused-ring (bicyclic) bond motifs is 1. The number of aryl methyl sites for hydroxylation is 2. The van der Waals surface area contributed by atoms with Gasteiger partial charge in [0, 0.05) is 6.42 Å². The molecule has 2 aromatic heterocycles. The van der Waals surface area contributed by atoms with E-state index in [1.807, 2.05) is 19.1 Å². The van der Waals surface area contributed by atoms with Gasteiger partial charge in [-0.3, -0.25) is 9.48 Å². The molecule has 3 rings (SSSR count). The van der Waals surface area contributed by atoms with Gasteiger partial charge in [-0.1, -0.05) is 17.4 Å². The summed E-state index contributed by atoms with van der Waals surface area (Å²) >= 11 is 1.49. The minimum Gasteiger partial charge on any atom is -0.302 e. The molecule has 0 saturated heterocycles. The molecule has 6 nitrogen and oxygen atoms in total. The number of carbonyl (C=O) groups excluding carboxylic acids is 1. The van der Waals surface area contributed by atoms with E-state index in [-0.39, 0.29) is 5.91 Å². The summed E-state index contributed by atoms with van der Waals surface area (Å²) < 4.78 is 2.71. The third kappa shape index (κ3) is 2.83. The molecule has 0 unspecified atom stereocenters. The summed E-state index contributed by atoms with van der Waals surface area (Å²) in [6, 6.07) is 6.04. The molecule has 0 radical (unpaired) electrons. The first-order valence-electron chi connectivity index (χ1n) is 6.20. The predicted molar refractivity (Wildman–Crippen MR) is 77.6 cm³/mol. The Morgan fingerprint density at radius 1 is 1.45 bits per heavy atom. The monoisotopic (exact) mass is 287 g/mol. The molecule has 1 N–H and O–H groups in total. The SMILES string of the molecule is Cc1ccc2nc(NC(=O)CCn3cncn3)sc2c1. The van der Waals surface area contributed by atoms with Crippen LogP contribution in [0.1, 0.15) is 12.0 Å². The molecule has 102 valence electrons. The topological polar surface area (TPSA) is 72.7 Å². The van der Waals surface area contributed by atoms with Crippen molar-refractivity contribution in [3.8, 4) is 0 Å². The van der Waals surface area contributed by atoms with E-state index in [1.165, 1.54) is 23.2 Å². The Bertz CT molecular complexity index is 734. The van der Waals surface area contributed by atoms with E-state index < -0.39 is 0 Å². The summed E-state index contributed by atoms with van der Waals surface area (Å²) in [6.45, 7) is 2.55. The molecule has 0 atom stereocenters. The number of hydrogen-bond acceptors (Lipinski definition) is 5. The highest BCUT2D eigenvalue weighted by Crippen LogP contribution is 2.26. The quantitative estimate of drug-likeness (QED) is 0.798. The summed E-state index contributed by atoms with van der Waals surface area (Å²) in [6.07, 6.45) is 3.39. The molecule has 20 heavy (non-hydrogen) atoms. The normalized spacial score (nSPS) is 10.8. The van der Waals surface area contributed by atoms with Gasteiger partial charge in [-0.15, -0.1) is 0 Å². The first kappa shape index (κ1) is 12.7. The van der Waals surface area contributed by atoms with Crippen molar-refractivity contribution in [2.75, 3.05) is 5.32 Å². The van der Waals surface area contributed by atoms with Crippen LogP contribution in [-0.4, -0.2) is 25.7 Å². The Kier molecular flexibility index (Phi) is 3.42. The molecule has 0 aliphatic heterocycles. The number of anilines is 1. The van der Waals surface area contributed by atoms with Crippen LogP contribution in [0, 0.1) is 6.92 Å². The summed E-state index contributed by atoms with van der Waals surface area (Å²) in [7, 11) is 0. The van der Waals surface area contributed by atoms with Crippen molar-refractivity contribution in [3.05, 3.63) is 36.4 Å². The van der Waals surface area contributed by atoms with Gasteiger partial charge in [0.15, 0.2) is 5.13 Å². The number of rotatable bonds is 4. The van der Waals surface area contributed by atoms with Crippen LogP contribution in [0.15, 0.2) is 30.9 Å². The lowest BCUT2D eigenvalue weighted by atomic mass is 10.2.